The predicted molar refractivity (Wildman–Crippen MR) is 138 cm³/mol. The highest BCUT2D eigenvalue weighted by Gasteiger charge is 2.16. The Morgan fingerprint density at radius 1 is 0.757 bits per heavy atom. The molecular formula is C25H23N5O6S. The maximum absolute atomic E-state index is 11.6. The van der Waals surface area contributed by atoms with E-state index in [9.17, 15) is 18.1 Å². The molecule has 0 aliphatic heterocycles. The third-order valence-corrected chi connectivity index (χ3v) is 6.37. The van der Waals surface area contributed by atoms with E-state index in [1.165, 1.54) is 44.6 Å². The van der Waals surface area contributed by atoms with Crippen molar-refractivity contribution in [3.8, 4) is 11.5 Å². The Hall–Kier alpha value is -4.39. The predicted octanol–water partition coefficient (Wildman–Crippen LogP) is 6.01. The van der Waals surface area contributed by atoms with Crippen molar-refractivity contribution >= 4 is 49.3 Å². The summed E-state index contributed by atoms with van der Waals surface area (Å²) in [4.78, 5) is -0.396. The number of ether oxygens (including phenoxy) is 2. The SMILES string of the molecule is COc1cc(N=Nc2ccccc2S(=O)(=O)O)c(CO)cc1N=Nc1cc(OC)c(N)c2ccccc12. The summed E-state index contributed by atoms with van der Waals surface area (Å²) >= 11 is 0. The van der Waals surface area contributed by atoms with Crippen LogP contribution in [0.3, 0.4) is 0 Å². The van der Waals surface area contributed by atoms with Crippen LogP contribution in [0.15, 0.2) is 92.1 Å². The monoisotopic (exact) mass is 521 g/mol. The van der Waals surface area contributed by atoms with Crippen molar-refractivity contribution in [1.82, 2.24) is 0 Å². The molecule has 4 aromatic carbocycles. The molecule has 4 aromatic rings. The van der Waals surface area contributed by atoms with Crippen molar-refractivity contribution in [2.45, 2.75) is 11.5 Å². The molecule has 0 fully saturated rings. The highest BCUT2D eigenvalue weighted by atomic mass is 32.2. The lowest BCUT2D eigenvalue weighted by atomic mass is 10.1. The van der Waals surface area contributed by atoms with E-state index >= 15 is 0 Å². The number of hydrogen-bond donors (Lipinski definition) is 3. The fraction of sp³-hybridized carbons (Fsp3) is 0.120. The van der Waals surface area contributed by atoms with Crippen LogP contribution in [0.1, 0.15) is 5.56 Å². The van der Waals surface area contributed by atoms with Crippen molar-refractivity contribution in [2.75, 3.05) is 20.0 Å². The van der Waals surface area contributed by atoms with Crippen LogP contribution in [-0.2, 0) is 16.7 Å². The van der Waals surface area contributed by atoms with Crippen LogP contribution in [0.2, 0.25) is 0 Å². The molecule has 11 nitrogen and oxygen atoms in total. The van der Waals surface area contributed by atoms with Crippen LogP contribution in [0.25, 0.3) is 10.8 Å². The molecule has 0 atom stereocenters. The standard InChI is InChI=1S/C25H23N5O6S/c1-35-22-12-19(28-27-18-9-5-6-10-24(18)37(32,33)34)15(14-31)11-21(22)30-29-20-13-23(36-2)25(26)17-8-4-3-7-16(17)20/h3-13,31H,14,26H2,1-2H3,(H,32,33,34). The largest absolute Gasteiger partial charge is 0.494 e. The maximum atomic E-state index is 11.6. The van der Waals surface area contributed by atoms with Crippen LogP contribution in [-0.4, -0.2) is 32.3 Å². The summed E-state index contributed by atoms with van der Waals surface area (Å²) < 4.78 is 43.5. The lowest BCUT2D eigenvalue weighted by Crippen LogP contribution is -1.97. The van der Waals surface area contributed by atoms with Gasteiger partial charge in [0.25, 0.3) is 10.1 Å². The molecule has 0 aliphatic rings. The molecule has 0 amide bonds. The van der Waals surface area contributed by atoms with Gasteiger partial charge in [-0.2, -0.15) is 13.5 Å². The van der Waals surface area contributed by atoms with Gasteiger partial charge < -0.3 is 20.3 Å². The number of fused-ring (bicyclic) bond motifs is 1. The summed E-state index contributed by atoms with van der Waals surface area (Å²) in [6, 6.07) is 17.7. The van der Waals surface area contributed by atoms with E-state index in [0.717, 1.165) is 10.8 Å². The lowest BCUT2D eigenvalue weighted by molar-refractivity contribution is 0.282. The molecule has 4 rings (SSSR count). The highest BCUT2D eigenvalue weighted by Crippen LogP contribution is 2.41. The van der Waals surface area contributed by atoms with Crippen molar-refractivity contribution in [1.29, 1.82) is 0 Å². The van der Waals surface area contributed by atoms with Gasteiger partial charge in [-0.25, -0.2) is 0 Å². The van der Waals surface area contributed by atoms with Gasteiger partial charge in [-0.05, 0) is 18.2 Å². The van der Waals surface area contributed by atoms with Crippen molar-refractivity contribution in [3.63, 3.8) is 0 Å². The molecule has 37 heavy (non-hydrogen) atoms. The average molecular weight is 522 g/mol. The third-order valence-electron chi connectivity index (χ3n) is 5.47. The van der Waals surface area contributed by atoms with Gasteiger partial charge in [0, 0.05) is 28.5 Å². The van der Waals surface area contributed by atoms with Crippen molar-refractivity contribution in [2.24, 2.45) is 20.5 Å². The van der Waals surface area contributed by atoms with E-state index < -0.39 is 21.6 Å². The second-order valence-corrected chi connectivity index (χ2v) is 9.10. The van der Waals surface area contributed by atoms with Gasteiger partial charge in [-0.3, -0.25) is 4.55 Å². The summed E-state index contributed by atoms with van der Waals surface area (Å²) in [6.45, 7) is -0.417. The number of nitrogens with zero attached hydrogens (tertiary/aromatic N) is 4. The van der Waals surface area contributed by atoms with Gasteiger partial charge >= 0.3 is 0 Å². The first-order valence-electron chi connectivity index (χ1n) is 10.8. The number of hydrogen-bond acceptors (Lipinski definition) is 10. The van der Waals surface area contributed by atoms with Crippen LogP contribution in [0, 0.1) is 0 Å². The van der Waals surface area contributed by atoms with E-state index in [-0.39, 0.29) is 17.1 Å². The summed E-state index contributed by atoms with van der Waals surface area (Å²) in [5, 5.41) is 28.2. The first kappa shape index (κ1) is 25.7. The van der Waals surface area contributed by atoms with Gasteiger partial charge in [0.15, 0.2) is 0 Å². The molecule has 12 heteroatoms. The molecule has 0 bridgehead atoms. The Kier molecular flexibility index (Phi) is 7.43. The molecular weight excluding hydrogens is 498 g/mol. The lowest BCUT2D eigenvalue weighted by Gasteiger charge is -2.11. The Bertz CT molecular complexity index is 1640. The number of nitrogen functional groups attached to an aromatic ring is 1. The van der Waals surface area contributed by atoms with Gasteiger partial charge in [-0.1, -0.05) is 36.4 Å². The first-order chi connectivity index (χ1) is 17.8. The molecule has 0 saturated carbocycles. The van der Waals surface area contributed by atoms with Crippen molar-refractivity contribution in [3.05, 3.63) is 72.3 Å². The van der Waals surface area contributed by atoms with Gasteiger partial charge in [-0.15, -0.1) is 15.3 Å². The zero-order valence-electron chi connectivity index (χ0n) is 19.9. The van der Waals surface area contributed by atoms with Crippen LogP contribution < -0.4 is 15.2 Å². The molecule has 0 saturated heterocycles. The topological polar surface area (TPSA) is 169 Å². The molecule has 0 unspecified atom stereocenters. The maximum Gasteiger partial charge on any atom is 0.296 e. The Labute approximate surface area is 212 Å². The summed E-state index contributed by atoms with van der Waals surface area (Å²) in [6.07, 6.45) is 0. The fourth-order valence-electron chi connectivity index (χ4n) is 3.64. The average Bonchev–Trinajstić information content (AvgIpc) is 2.91. The smallest absolute Gasteiger partial charge is 0.296 e. The minimum absolute atomic E-state index is 0.0687. The van der Waals surface area contributed by atoms with E-state index in [1.807, 2.05) is 24.3 Å². The summed E-state index contributed by atoms with van der Waals surface area (Å²) in [7, 11) is -1.56. The molecule has 190 valence electrons. The minimum atomic E-state index is -4.50. The normalized spacial score (nSPS) is 12.0. The zero-order chi connectivity index (χ0) is 26.6. The number of nitrogens with two attached hydrogens (primary N) is 1. The summed E-state index contributed by atoms with van der Waals surface area (Å²) in [5.74, 6) is 0.737. The Morgan fingerprint density at radius 2 is 1.32 bits per heavy atom. The van der Waals surface area contributed by atoms with E-state index in [2.05, 4.69) is 20.5 Å². The van der Waals surface area contributed by atoms with Crippen molar-refractivity contribution < 1.29 is 27.6 Å². The number of anilines is 1. The van der Waals surface area contributed by atoms with E-state index in [1.54, 1.807) is 12.1 Å². The second-order valence-electron chi connectivity index (χ2n) is 7.71. The van der Waals surface area contributed by atoms with Crippen LogP contribution >= 0.6 is 0 Å². The first-order valence-corrected chi connectivity index (χ1v) is 12.3. The quantitative estimate of drug-likeness (QED) is 0.145. The van der Waals surface area contributed by atoms with E-state index in [4.69, 9.17) is 15.2 Å². The van der Waals surface area contributed by atoms with Gasteiger partial charge in [0.05, 0.1) is 37.9 Å². The number of azo groups is 2. The molecule has 0 aromatic heterocycles. The van der Waals surface area contributed by atoms with Gasteiger partial charge in [0.1, 0.15) is 27.8 Å². The van der Waals surface area contributed by atoms with Gasteiger partial charge in [0.2, 0.25) is 0 Å². The number of aliphatic hydroxyl groups is 1. The van der Waals surface area contributed by atoms with Crippen LogP contribution in [0.4, 0.5) is 28.4 Å². The third kappa shape index (κ3) is 5.40. The second kappa shape index (κ2) is 10.7. The Morgan fingerprint density at radius 3 is 2.00 bits per heavy atom. The number of rotatable bonds is 8. The molecule has 0 radical (unpaired) electrons. The molecule has 0 spiro atoms. The fourth-order valence-corrected chi connectivity index (χ4v) is 4.26. The number of benzene rings is 4. The molecule has 0 heterocycles. The van der Waals surface area contributed by atoms with Crippen LogP contribution in [0.5, 0.6) is 11.5 Å². The Balaban J connectivity index is 1.76. The van der Waals surface area contributed by atoms with E-state index in [0.29, 0.717) is 28.4 Å². The minimum Gasteiger partial charge on any atom is -0.494 e. The molecule has 4 N–H and O–H groups in total. The number of methoxy groups -OCH3 is 2. The molecule has 0 aliphatic carbocycles. The summed E-state index contributed by atoms with van der Waals surface area (Å²) in [5.41, 5.74) is 7.99. The highest BCUT2D eigenvalue weighted by molar-refractivity contribution is 7.86. The number of aliphatic hydroxyl groups excluding tert-OH is 1. The zero-order valence-corrected chi connectivity index (χ0v) is 20.7.